The summed E-state index contributed by atoms with van der Waals surface area (Å²) in [6.45, 7) is 1.78. The van der Waals surface area contributed by atoms with E-state index in [0.29, 0.717) is 37.3 Å². The number of nitrogens with two attached hydrogens (primary N) is 1. The van der Waals surface area contributed by atoms with Crippen molar-refractivity contribution in [3.63, 3.8) is 0 Å². The molecule has 1 aromatic carbocycles. The van der Waals surface area contributed by atoms with Crippen molar-refractivity contribution in [2.75, 3.05) is 30.3 Å². The highest BCUT2D eigenvalue weighted by atomic mass is 16.5. The minimum absolute atomic E-state index is 0.0644. The van der Waals surface area contributed by atoms with Crippen LogP contribution >= 0.6 is 0 Å². The average molecular weight is 320 g/mol. The maximum absolute atomic E-state index is 11.8. The number of carbonyl (C=O) groups is 2. The Balaban J connectivity index is 1.73. The van der Waals surface area contributed by atoms with Gasteiger partial charge in [-0.3, -0.25) is 4.79 Å². The van der Waals surface area contributed by atoms with Gasteiger partial charge in [-0.15, -0.1) is 0 Å². The van der Waals surface area contributed by atoms with Crippen LogP contribution in [0.1, 0.15) is 25.7 Å². The van der Waals surface area contributed by atoms with E-state index in [0.717, 1.165) is 19.4 Å². The number of anilines is 2. The molecule has 1 aliphatic heterocycles. The van der Waals surface area contributed by atoms with Crippen molar-refractivity contribution in [3.05, 3.63) is 24.3 Å². The highest BCUT2D eigenvalue weighted by Gasteiger charge is 2.16. The molecular weight excluding hydrogens is 296 g/mol. The molecule has 7 nitrogen and oxygen atoms in total. The largest absolute Gasteiger partial charge is 0.376 e. The summed E-state index contributed by atoms with van der Waals surface area (Å²) in [6, 6.07) is 6.71. The first kappa shape index (κ1) is 17.2. The Hall–Kier alpha value is -2.12. The highest BCUT2D eigenvalue weighted by molar-refractivity contribution is 5.92. The second kappa shape index (κ2) is 9.12. The van der Waals surface area contributed by atoms with Gasteiger partial charge in [-0.25, -0.2) is 4.79 Å². The maximum atomic E-state index is 11.8. The van der Waals surface area contributed by atoms with Crippen molar-refractivity contribution in [2.24, 2.45) is 5.73 Å². The van der Waals surface area contributed by atoms with Crippen LogP contribution in [-0.4, -0.2) is 37.7 Å². The van der Waals surface area contributed by atoms with E-state index >= 15 is 0 Å². The van der Waals surface area contributed by atoms with Gasteiger partial charge >= 0.3 is 6.03 Å². The molecule has 1 saturated heterocycles. The van der Waals surface area contributed by atoms with Gasteiger partial charge in [-0.1, -0.05) is 0 Å². The third-order valence-electron chi connectivity index (χ3n) is 3.55. The van der Waals surface area contributed by atoms with Crippen LogP contribution in [0.3, 0.4) is 0 Å². The second-order valence-electron chi connectivity index (χ2n) is 5.49. The molecule has 0 bridgehead atoms. The van der Waals surface area contributed by atoms with Gasteiger partial charge in [0.15, 0.2) is 0 Å². The van der Waals surface area contributed by atoms with Crippen LogP contribution in [0.4, 0.5) is 16.2 Å². The lowest BCUT2D eigenvalue weighted by Gasteiger charge is -2.12. The van der Waals surface area contributed by atoms with Crippen LogP contribution in [-0.2, 0) is 9.53 Å². The zero-order valence-electron chi connectivity index (χ0n) is 13.1. The lowest BCUT2D eigenvalue weighted by Crippen LogP contribution is -2.35. The van der Waals surface area contributed by atoms with Gasteiger partial charge < -0.3 is 26.4 Å². The van der Waals surface area contributed by atoms with Crippen molar-refractivity contribution in [2.45, 2.75) is 31.8 Å². The van der Waals surface area contributed by atoms with Crippen LogP contribution in [0, 0.1) is 0 Å². The topological polar surface area (TPSA) is 105 Å². The standard InChI is InChI=1S/C16H24N4O3/c17-9-1-4-15(21)19-12-5-7-13(8-6-12)20-16(22)18-11-14-3-2-10-23-14/h5-8,14H,1-4,9-11,17H2,(H,19,21)(H2,18,20,22). The van der Waals surface area contributed by atoms with E-state index in [1.807, 2.05) is 0 Å². The zero-order valence-corrected chi connectivity index (χ0v) is 13.1. The molecule has 1 unspecified atom stereocenters. The Labute approximate surface area is 136 Å². The van der Waals surface area contributed by atoms with Gasteiger partial charge in [0.1, 0.15) is 0 Å². The predicted molar refractivity (Wildman–Crippen MR) is 89.4 cm³/mol. The van der Waals surface area contributed by atoms with Crippen LogP contribution < -0.4 is 21.7 Å². The van der Waals surface area contributed by atoms with E-state index in [1.54, 1.807) is 24.3 Å². The molecule has 1 aliphatic rings. The number of ether oxygens (including phenoxy) is 1. The number of rotatable bonds is 7. The molecule has 7 heteroatoms. The lowest BCUT2D eigenvalue weighted by molar-refractivity contribution is -0.116. The Morgan fingerprint density at radius 2 is 1.87 bits per heavy atom. The number of urea groups is 1. The van der Waals surface area contributed by atoms with Crippen LogP contribution in [0.25, 0.3) is 0 Å². The molecule has 1 atom stereocenters. The molecule has 2 rings (SSSR count). The third-order valence-corrected chi connectivity index (χ3v) is 3.55. The van der Waals surface area contributed by atoms with Gasteiger partial charge in [0, 0.05) is 30.9 Å². The molecule has 1 heterocycles. The van der Waals surface area contributed by atoms with Crippen molar-refractivity contribution < 1.29 is 14.3 Å². The lowest BCUT2D eigenvalue weighted by atomic mass is 10.2. The second-order valence-corrected chi connectivity index (χ2v) is 5.49. The van der Waals surface area contributed by atoms with Crippen LogP contribution in [0.5, 0.6) is 0 Å². The minimum atomic E-state index is -0.264. The normalized spacial score (nSPS) is 16.8. The Morgan fingerprint density at radius 3 is 2.48 bits per heavy atom. The molecule has 0 aromatic heterocycles. The number of hydrogen-bond donors (Lipinski definition) is 4. The van der Waals surface area contributed by atoms with E-state index in [2.05, 4.69) is 16.0 Å². The van der Waals surface area contributed by atoms with E-state index in [1.165, 1.54) is 0 Å². The summed E-state index contributed by atoms with van der Waals surface area (Å²) in [5, 5.41) is 8.31. The first-order valence-corrected chi connectivity index (χ1v) is 7.94. The molecule has 0 saturated carbocycles. The summed E-state index contributed by atoms with van der Waals surface area (Å²) < 4.78 is 5.44. The molecule has 126 valence electrons. The summed E-state index contributed by atoms with van der Waals surface area (Å²) in [5.41, 5.74) is 6.72. The molecule has 3 amide bonds. The molecular formula is C16H24N4O3. The number of benzene rings is 1. The van der Waals surface area contributed by atoms with Crippen molar-refractivity contribution >= 4 is 23.3 Å². The quantitative estimate of drug-likeness (QED) is 0.613. The van der Waals surface area contributed by atoms with Gasteiger partial charge in [0.05, 0.1) is 6.10 Å². The van der Waals surface area contributed by atoms with Gasteiger partial charge in [0.2, 0.25) is 5.91 Å². The third kappa shape index (κ3) is 6.25. The van der Waals surface area contributed by atoms with Crippen molar-refractivity contribution in [3.8, 4) is 0 Å². The summed E-state index contributed by atoms with van der Waals surface area (Å²) >= 11 is 0. The summed E-state index contributed by atoms with van der Waals surface area (Å²) in [4.78, 5) is 23.4. The van der Waals surface area contributed by atoms with E-state index in [-0.39, 0.29) is 18.0 Å². The van der Waals surface area contributed by atoms with Crippen molar-refractivity contribution in [1.82, 2.24) is 5.32 Å². The van der Waals surface area contributed by atoms with Crippen molar-refractivity contribution in [1.29, 1.82) is 0 Å². The van der Waals surface area contributed by atoms with Gasteiger partial charge in [-0.05, 0) is 50.1 Å². The maximum Gasteiger partial charge on any atom is 0.319 e. The SMILES string of the molecule is NCCCC(=O)Nc1ccc(NC(=O)NCC2CCCO2)cc1. The highest BCUT2D eigenvalue weighted by Crippen LogP contribution is 2.14. The molecule has 1 aromatic rings. The van der Waals surface area contributed by atoms with Crippen LogP contribution in [0.15, 0.2) is 24.3 Å². The molecule has 23 heavy (non-hydrogen) atoms. The molecule has 0 aliphatic carbocycles. The fourth-order valence-corrected chi connectivity index (χ4v) is 2.31. The monoisotopic (exact) mass is 320 g/mol. The fourth-order valence-electron chi connectivity index (χ4n) is 2.31. The van der Waals surface area contributed by atoms with E-state index < -0.39 is 0 Å². The Bertz CT molecular complexity index is 513. The average Bonchev–Trinajstić information content (AvgIpc) is 3.06. The first-order valence-electron chi connectivity index (χ1n) is 7.94. The van der Waals surface area contributed by atoms with E-state index in [9.17, 15) is 9.59 Å². The molecule has 0 spiro atoms. The number of hydrogen-bond acceptors (Lipinski definition) is 4. The van der Waals surface area contributed by atoms with Gasteiger partial charge in [-0.2, -0.15) is 0 Å². The van der Waals surface area contributed by atoms with Gasteiger partial charge in [0.25, 0.3) is 0 Å². The first-order chi connectivity index (χ1) is 11.2. The Morgan fingerprint density at radius 1 is 1.17 bits per heavy atom. The number of nitrogens with one attached hydrogen (secondary N) is 3. The van der Waals surface area contributed by atoms with E-state index in [4.69, 9.17) is 10.5 Å². The predicted octanol–water partition coefficient (Wildman–Crippen LogP) is 1.66. The summed E-state index contributed by atoms with van der Waals surface area (Å²) in [7, 11) is 0. The molecule has 1 fully saturated rings. The fraction of sp³-hybridized carbons (Fsp3) is 0.500. The Kier molecular flexibility index (Phi) is 6.83. The van der Waals surface area contributed by atoms with Crippen LogP contribution in [0.2, 0.25) is 0 Å². The summed E-state index contributed by atoms with van der Waals surface area (Å²) in [6.07, 6.45) is 3.22. The minimum Gasteiger partial charge on any atom is -0.376 e. The zero-order chi connectivity index (χ0) is 16.5. The summed E-state index contributed by atoms with van der Waals surface area (Å²) in [5.74, 6) is -0.0644. The smallest absolute Gasteiger partial charge is 0.319 e. The number of amides is 3. The molecule has 5 N–H and O–H groups in total. The number of carbonyl (C=O) groups excluding carboxylic acids is 2. The molecule has 0 radical (unpaired) electrons.